The quantitative estimate of drug-likeness (QED) is 0.172. The second kappa shape index (κ2) is 38.0. The lowest BCUT2D eigenvalue weighted by molar-refractivity contribution is -0.157. The van der Waals surface area contributed by atoms with Gasteiger partial charge in [-0.2, -0.15) is 13.2 Å². The first-order chi connectivity index (χ1) is 49.2. The van der Waals surface area contributed by atoms with E-state index >= 15 is 43.2 Å². The Kier molecular flexibility index (Phi) is 30.7. The molecular weight excluding hydrogens is 1370 g/mol. The monoisotopic (exact) mass is 1480 g/mol. The summed E-state index contributed by atoms with van der Waals surface area (Å²) in [6.07, 6.45) is 7.63. The molecule has 0 aromatic heterocycles. The summed E-state index contributed by atoms with van der Waals surface area (Å²) in [4.78, 5) is 194. The molecule has 104 heavy (non-hydrogen) atoms. The minimum Gasteiger partial charge on any atom is -0.343 e. The summed E-state index contributed by atoms with van der Waals surface area (Å²) in [5, 5.41) is 8.24. The molecule has 1 spiro atoms. The SMILES string of the molecule is CCC[C@H]1C(=O)NC2(CCCC2)C(=O)N(C)[C@@H](C2CCCCC2)C(=O)N(C)[C@H](C(=O)N2CCCCC2)CC(=O)N(C)[C@@H](CC(C)C)C(=O)N[C@@H]([C@@H](C)CC)C(=O)N(C)CC(=O)N2CCC[C@H]2C(=O)N(C)[C@@H](CC2CCCCC2)C(=O)N(C)CC(=O)N[C@@H](CCc2ccc(C(F)(F)F)c(Cl)c2)C(=O)N1C. The minimum absolute atomic E-state index is 0.0200. The molecule has 28 heteroatoms. The van der Waals surface area contributed by atoms with E-state index in [1.54, 1.807) is 18.7 Å². The number of piperidine rings is 1. The Morgan fingerprint density at radius 2 is 1.21 bits per heavy atom. The number of likely N-dealkylation sites (N-methyl/N-ethyl adjacent to an activating group) is 7. The summed E-state index contributed by atoms with van der Waals surface area (Å²) in [6, 6.07) is -6.70. The van der Waals surface area contributed by atoms with Gasteiger partial charge in [-0.15, -0.1) is 0 Å². The summed E-state index contributed by atoms with van der Waals surface area (Å²) in [7, 11) is 10.2. The molecule has 0 unspecified atom stereocenters. The fourth-order valence-electron chi connectivity index (χ4n) is 16.6. The molecule has 3 heterocycles. The lowest BCUT2D eigenvalue weighted by atomic mass is 9.81. The van der Waals surface area contributed by atoms with Crippen molar-refractivity contribution in [1.29, 1.82) is 0 Å². The van der Waals surface area contributed by atoms with E-state index in [-0.39, 0.29) is 69.7 Å². The number of hydrogen-bond donors (Lipinski definition) is 3. The van der Waals surface area contributed by atoms with Gasteiger partial charge in [0.2, 0.25) is 70.9 Å². The lowest BCUT2D eigenvalue weighted by Crippen LogP contribution is -2.65. The predicted octanol–water partition coefficient (Wildman–Crippen LogP) is 7.59. The predicted molar refractivity (Wildman–Crippen MR) is 387 cm³/mol. The molecule has 24 nitrogen and oxygen atoms in total. The van der Waals surface area contributed by atoms with Crippen LogP contribution in [0.1, 0.15) is 213 Å². The van der Waals surface area contributed by atoms with E-state index in [1.165, 1.54) is 89.7 Å². The molecule has 9 atom stereocenters. The zero-order valence-electron chi connectivity index (χ0n) is 63.7. The van der Waals surface area contributed by atoms with Crippen LogP contribution in [0.2, 0.25) is 5.02 Å². The Hall–Kier alpha value is -7.06. The normalized spacial score (nSPS) is 27.1. The van der Waals surface area contributed by atoms with Crippen LogP contribution in [0, 0.1) is 23.7 Å². The van der Waals surface area contributed by atoms with Gasteiger partial charge in [0, 0.05) is 69.0 Å². The summed E-state index contributed by atoms with van der Waals surface area (Å²) < 4.78 is 41.8. The highest BCUT2D eigenvalue weighted by molar-refractivity contribution is 6.31. The van der Waals surface area contributed by atoms with Crippen LogP contribution in [0.4, 0.5) is 13.2 Å². The Balaban J connectivity index is 1.32. The van der Waals surface area contributed by atoms with Gasteiger partial charge in [-0.05, 0) is 131 Å². The van der Waals surface area contributed by atoms with Crippen molar-refractivity contribution >= 4 is 82.5 Å². The van der Waals surface area contributed by atoms with Gasteiger partial charge in [0.25, 0.3) is 0 Å². The molecule has 7 rings (SSSR count). The Morgan fingerprint density at radius 1 is 0.606 bits per heavy atom. The third-order valence-corrected chi connectivity index (χ3v) is 23.5. The van der Waals surface area contributed by atoms with E-state index in [0.29, 0.717) is 76.4 Å². The number of aryl methyl sites for hydroxylation is 1. The van der Waals surface area contributed by atoms with Crippen LogP contribution in [-0.4, -0.2) is 251 Å². The fraction of sp³-hybridized carbons (Fsp3) is 0.763. The zero-order chi connectivity index (χ0) is 76.7. The van der Waals surface area contributed by atoms with Crippen molar-refractivity contribution in [1.82, 2.24) is 60.0 Å². The Bertz CT molecular complexity index is 3210. The van der Waals surface area contributed by atoms with E-state index in [9.17, 15) is 27.6 Å². The third-order valence-electron chi connectivity index (χ3n) is 23.2. The largest absolute Gasteiger partial charge is 0.417 e. The van der Waals surface area contributed by atoms with Crippen LogP contribution in [0.25, 0.3) is 0 Å². The van der Waals surface area contributed by atoms with Crippen molar-refractivity contribution in [2.24, 2.45) is 23.7 Å². The van der Waals surface area contributed by atoms with Crippen LogP contribution >= 0.6 is 11.6 Å². The van der Waals surface area contributed by atoms with Crippen LogP contribution < -0.4 is 16.0 Å². The number of nitrogens with one attached hydrogen (secondary N) is 3. The number of carbonyl (C=O) groups excluding carboxylic acids is 12. The molecule has 0 radical (unpaired) electrons. The van der Waals surface area contributed by atoms with Gasteiger partial charge in [0.1, 0.15) is 53.9 Å². The number of hydrogen-bond acceptors (Lipinski definition) is 12. The third kappa shape index (κ3) is 21.0. The molecule has 0 bridgehead atoms. The number of likely N-dealkylation sites (tertiary alicyclic amines) is 1. The average molecular weight is 1480 g/mol. The van der Waals surface area contributed by atoms with E-state index < -0.39 is 173 Å². The van der Waals surface area contributed by atoms with Crippen molar-refractivity contribution in [2.75, 3.05) is 82.1 Å². The summed E-state index contributed by atoms with van der Waals surface area (Å²) in [5.74, 6) is -8.57. The van der Waals surface area contributed by atoms with Crippen molar-refractivity contribution in [3.8, 4) is 0 Å². The Labute approximate surface area is 618 Å². The number of carbonyl (C=O) groups is 12. The standard InChI is InChI=1S/C76H118ClF3N12O12/c1-13-27-56-67(97)83-75(37-22-23-38-75)74(104)90(12)65(52-30-20-16-21-31-52)73(103)89(11)60(71(101)91-39-24-17-25-40-91)45-62(94)86(8)58(42-48(3)4)66(96)82-64(49(5)14-2)72(102)85(7)47-63(95)92-41-26-32-57(92)70(100)88(10)59(44-50-28-18-15-19-29-50)69(99)84(6)46-61(93)81-55(68(98)87(56)9)36-34-51-33-35-53(54(77)43-51)76(78,79)80/h33,35,43,48-50,52,55-60,64-65H,13-32,34,36-42,44-47H2,1-12H3,(H,81,93)(H,82,96)(H,83,97)/t49-,55-,56-,57-,58-,59-,60-,64-,65-/m0/s1. The number of alkyl halides is 3. The van der Waals surface area contributed by atoms with E-state index in [1.807, 2.05) is 20.8 Å². The first kappa shape index (κ1) is 84.2. The van der Waals surface area contributed by atoms with Crippen LogP contribution in [0.5, 0.6) is 0 Å². The van der Waals surface area contributed by atoms with Crippen molar-refractivity contribution in [3.63, 3.8) is 0 Å². The number of nitrogens with zero attached hydrogens (tertiary/aromatic N) is 9. The second-order valence-electron chi connectivity index (χ2n) is 31.2. The van der Waals surface area contributed by atoms with Gasteiger partial charge >= 0.3 is 6.18 Å². The van der Waals surface area contributed by atoms with Gasteiger partial charge in [-0.1, -0.05) is 129 Å². The highest BCUT2D eigenvalue weighted by Crippen LogP contribution is 2.39. The molecule has 1 aromatic rings. The smallest absolute Gasteiger partial charge is 0.343 e. The van der Waals surface area contributed by atoms with Crippen molar-refractivity contribution < 1.29 is 70.7 Å². The van der Waals surface area contributed by atoms with Crippen LogP contribution in [-0.2, 0) is 70.1 Å². The molecule has 3 saturated heterocycles. The highest BCUT2D eigenvalue weighted by atomic mass is 35.5. The topological polar surface area (TPSA) is 270 Å². The summed E-state index contributed by atoms with van der Waals surface area (Å²) in [5.41, 5.74) is -2.38. The molecule has 582 valence electrons. The molecule has 3 aliphatic carbocycles. The van der Waals surface area contributed by atoms with Gasteiger partial charge in [-0.3, -0.25) is 57.5 Å². The van der Waals surface area contributed by atoms with Crippen LogP contribution in [0.3, 0.4) is 0 Å². The number of halogens is 4. The zero-order valence-corrected chi connectivity index (χ0v) is 64.5. The van der Waals surface area contributed by atoms with Gasteiger partial charge < -0.3 is 60.0 Å². The molecule has 3 saturated carbocycles. The molecule has 1 aromatic carbocycles. The van der Waals surface area contributed by atoms with Crippen molar-refractivity contribution in [3.05, 3.63) is 34.3 Å². The van der Waals surface area contributed by atoms with E-state index in [2.05, 4.69) is 16.0 Å². The number of benzene rings is 1. The number of amides is 12. The molecule has 6 fully saturated rings. The molecule has 12 amide bonds. The van der Waals surface area contributed by atoms with Gasteiger partial charge in [0.15, 0.2) is 0 Å². The number of rotatable bonds is 13. The molecule has 3 aliphatic heterocycles. The summed E-state index contributed by atoms with van der Waals surface area (Å²) >= 11 is 6.19. The Morgan fingerprint density at radius 3 is 1.81 bits per heavy atom. The lowest BCUT2D eigenvalue weighted by Gasteiger charge is -2.43. The van der Waals surface area contributed by atoms with E-state index in [4.69, 9.17) is 11.6 Å². The van der Waals surface area contributed by atoms with Gasteiger partial charge in [0.05, 0.1) is 30.1 Å². The van der Waals surface area contributed by atoms with E-state index in [0.717, 1.165) is 74.8 Å². The first-order valence-electron chi connectivity index (χ1n) is 38.3. The molecule has 6 aliphatic rings. The van der Waals surface area contributed by atoms with Crippen molar-refractivity contribution in [2.45, 2.75) is 268 Å². The average Bonchev–Trinajstić information content (AvgIpc) is 1.37. The maximum absolute atomic E-state index is 15.9. The second-order valence-corrected chi connectivity index (χ2v) is 31.6. The highest BCUT2D eigenvalue weighted by Gasteiger charge is 2.51. The fourth-order valence-corrected chi connectivity index (χ4v) is 16.9. The number of fused-ring (bicyclic) bond motifs is 1. The van der Waals surface area contributed by atoms with Gasteiger partial charge in [-0.25, -0.2) is 0 Å². The maximum Gasteiger partial charge on any atom is 0.417 e. The minimum atomic E-state index is -4.77. The summed E-state index contributed by atoms with van der Waals surface area (Å²) in [6.45, 7) is 8.99. The first-order valence-corrected chi connectivity index (χ1v) is 38.7. The van der Waals surface area contributed by atoms with Crippen LogP contribution in [0.15, 0.2) is 18.2 Å². The molecular formula is C76H118ClF3N12O12. The molecule has 3 N–H and O–H groups in total. The maximum atomic E-state index is 15.9.